The van der Waals surface area contributed by atoms with Crippen molar-refractivity contribution in [3.63, 3.8) is 0 Å². The van der Waals surface area contributed by atoms with Crippen molar-refractivity contribution >= 4 is 15.9 Å². The first-order valence-corrected chi connectivity index (χ1v) is 7.93. The van der Waals surface area contributed by atoms with Crippen LogP contribution in [0.3, 0.4) is 0 Å². The number of fused-ring (bicyclic) bond motifs is 1. The lowest BCUT2D eigenvalue weighted by molar-refractivity contribution is 0.177. The van der Waals surface area contributed by atoms with Crippen LogP contribution < -0.4 is 14.8 Å². The minimum absolute atomic E-state index is 0.268. The van der Waals surface area contributed by atoms with Crippen molar-refractivity contribution in [3.8, 4) is 11.5 Å². The van der Waals surface area contributed by atoms with Crippen molar-refractivity contribution in [2.75, 3.05) is 33.5 Å². The van der Waals surface area contributed by atoms with Crippen LogP contribution >= 0.6 is 15.9 Å². The van der Waals surface area contributed by atoms with E-state index in [2.05, 4.69) is 27.3 Å². The van der Waals surface area contributed by atoms with Gasteiger partial charge in [-0.05, 0) is 31.2 Å². The molecule has 1 aromatic rings. The summed E-state index contributed by atoms with van der Waals surface area (Å²) in [5.74, 6) is 2.18. The molecule has 0 aliphatic carbocycles. The third-order valence-electron chi connectivity index (χ3n) is 3.95. The van der Waals surface area contributed by atoms with Gasteiger partial charge in [0.1, 0.15) is 0 Å². The van der Waals surface area contributed by atoms with Gasteiger partial charge in [-0.25, -0.2) is 0 Å². The second-order valence-corrected chi connectivity index (χ2v) is 6.12. The average Bonchev–Trinajstić information content (AvgIpc) is 2.87. The van der Waals surface area contributed by atoms with Crippen molar-refractivity contribution in [2.24, 2.45) is 5.92 Å². The number of ether oxygens (including phenoxy) is 3. The zero-order valence-electron chi connectivity index (χ0n) is 11.7. The Morgan fingerprint density at radius 3 is 2.60 bits per heavy atom. The number of hydrogen-bond acceptors (Lipinski definition) is 4. The molecule has 20 heavy (non-hydrogen) atoms. The molecule has 2 heterocycles. The van der Waals surface area contributed by atoms with Crippen LogP contribution in [0.15, 0.2) is 16.6 Å². The molecule has 2 atom stereocenters. The molecule has 3 rings (SSSR count). The monoisotopic (exact) mass is 341 g/mol. The third kappa shape index (κ3) is 2.80. The molecule has 2 aliphatic heterocycles. The fourth-order valence-electron chi connectivity index (χ4n) is 2.90. The van der Waals surface area contributed by atoms with Gasteiger partial charge in [0.05, 0.1) is 19.8 Å². The Morgan fingerprint density at radius 1 is 1.20 bits per heavy atom. The summed E-state index contributed by atoms with van der Waals surface area (Å²) in [5.41, 5.74) is 1.22. The van der Waals surface area contributed by atoms with Crippen LogP contribution in [0.25, 0.3) is 0 Å². The molecular weight excluding hydrogens is 322 g/mol. The van der Waals surface area contributed by atoms with E-state index in [9.17, 15) is 0 Å². The highest BCUT2D eigenvalue weighted by molar-refractivity contribution is 9.10. The fourth-order valence-corrected chi connectivity index (χ4v) is 3.47. The SMILES string of the molecule is CNC(c1cc2c(cc1Br)OCCCO2)C1CCOC1. The minimum Gasteiger partial charge on any atom is -0.490 e. The molecule has 0 aromatic heterocycles. The van der Waals surface area contributed by atoms with Crippen LogP contribution in [-0.4, -0.2) is 33.5 Å². The lowest BCUT2D eigenvalue weighted by Gasteiger charge is -2.24. The molecular formula is C15H20BrNO3. The van der Waals surface area contributed by atoms with E-state index in [1.807, 2.05) is 13.1 Å². The molecule has 0 amide bonds. The highest BCUT2D eigenvalue weighted by Crippen LogP contribution is 2.40. The van der Waals surface area contributed by atoms with Gasteiger partial charge in [-0.15, -0.1) is 0 Å². The normalized spacial score (nSPS) is 23.4. The molecule has 2 aliphatic rings. The van der Waals surface area contributed by atoms with E-state index in [-0.39, 0.29) is 6.04 Å². The summed E-state index contributed by atoms with van der Waals surface area (Å²) in [5, 5.41) is 3.42. The molecule has 1 fully saturated rings. The number of halogens is 1. The zero-order chi connectivity index (χ0) is 13.9. The lowest BCUT2D eigenvalue weighted by atomic mass is 9.92. The van der Waals surface area contributed by atoms with E-state index in [0.29, 0.717) is 19.1 Å². The molecule has 2 unspecified atom stereocenters. The van der Waals surface area contributed by atoms with E-state index < -0.39 is 0 Å². The average molecular weight is 342 g/mol. The maximum absolute atomic E-state index is 5.80. The fraction of sp³-hybridized carbons (Fsp3) is 0.600. The van der Waals surface area contributed by atoms with Crippen molar-refractivity contribution in [1.29, 1.82) is 0 Å². The first kappa shape index (κ1) is 14.2. The van der Waals surface area contributed by atoms with E-state index >= 15 is 0 Å². The van der Waals surface area contributed by atoms with Gasteiger partial charge < -0.3 is 19.5 Å². The summed E-state index contributed by atoms with van der Waals surface area (Å²) in [4.78, 5) is 0. The summed E-state index contributed by atoms with van der Waals surface area (Å²) < 4.78 is 18.1. The first-order valence-electron chi connectivity index (χ1n) is 7.13. The Balaban J connectivity index is 1.93. The molecule has 4 nitrogen and oxygen atoms in total. The van der Waals surface area contributed by atoms with Gasteiger partial charge in [-0.1, -0.05) is 15.9 Å². The van der Waals surface area contributed by atoms with E-state index in [1.165, 1.54) is 5.56 Å². The molecule has 0 radical (unpaired) electrons. The number of rotatable bonds is 3. The third-order valence-corrected chi connectivity index (χ3v) is 4.64. The summed E-state index contributed by atoms with van der Waals surface area (Å²) in [6.45, 7) is 3.09. The minimum atomic E-state index is 0.268. The van der Waals surface area contributed by atoms with E-state index in [1.54, 1.807) is 0 Å². The molecule has 0 spiro atoms. The van der Waals surface area contributed by atoms with Crippen LogP contribution in [0.4, 0.5) is 0 Å². The van der Waals surface area contributed by atoms with Gasteiger partial charge in [0, 0.05) is 29.5 Å². The van der Waals surface area contributed by atoms with Crippen LogP contribution in [0.5, 0.6) is 11.5 Å². The lowest BCUT2D eigenvalue weighted by Crippen LogP contribution is -2.26. The Bertz CT molecular complexity index is 474. The maximum atomic E-state index is 5.80. The van der Waals surface area contributed by atoms with Gasteiger partial charge >= 0.3 is 0 Å². The highest BCUT2D eigenvalue weighted by Gasteiger charge is 2.28. The maximum Gasteiger partial charge on any atom is 0.162 e. The summed E-state index contributed by atoms with van der Waals surface area (Å²) in [7, 11) is 2.00. The molecule has 110 valence electrons. The Kier molecular flexibility index (Phi) is 4.48. The van der Waals surface area contributed by atoms with E-state index in [0.717, 1.165) is 42.0 Å². The quantitative estimate of drug-likeness (QED) is 0.917. The van der Waals surface area contributed by atoms with Gasteiger partial charge in [0.2, 0.25) is 0 Å². The van der Waals surface area contributed by atoms with Gasteiger partial charge in [0.15, 0.2) is 11.5 Å². The smallest absolute Gasteiger partial charge is 0.162 e. The second-order valence-electron chi connectivity index (χ2n) is 5.26. The molecule has 1 aromatic carbocycles. The number of benzene rings is 1. The van der Waals surface area contributed by atoms with Gasteiger partial charge in [-0.2, -0.15) is 0 Å². The van der Waals surface area contributed by atoms with Gasteiger partial charge in [-0.3, -0.25) is 0 Å². The topological polar surface area (TPSA) is 39.7 Å². The molecule has 1 saturated heterocycles. The molecule has 0 saturated carbocycles. The van der Waals surface area contributed by atoms with Gasteiger partial charge in [0.25, 0.3) is 0 Å². The van der Waals surface area contributed by atoms with Crippen molar-refractivity contribution in [2.45, 2.75) is 18.9 Å². The Labute approximate surface area is 127 Å². The number of nitrogens with one attached hydrogen (secondary N) is 1. The predicted molar refractivity (Wildman–Crippen MR) is 80.5 cm³/mol. The summed E-state index contributed by atoms with van der Waals surface area (Å²) in [6, 6.07) is 4.39. The molecule has 5 heteroatoms. The Hall–Kier alpha value is -0.780. The molecule has 0 bridgehead atoms. The van der Waals surface area contributed by atoms with Crippen LogP contribution in [0.1, 0.15) is 24.4 Å². The summed E-state index contributed by atoms with van der Waals surface area (Å²) in [6.07, 6.45) is 2.01. The van der Waals surface area contributed by atoms with Crippen LogP contribution in [0, 0.1) is 5.92 Å². The van der Waals surface area contributed by atoms with E-state index in [4.69, 9.17) is 14.2 Å². The standard InChI is InChI=1S/C15H20BrNO3/c1-17-15(10-3-6-18-9-10)11-7-13-14(8-12(11)16)20-5-2-4-19-13/h7-8,10,15,17H,2-6,9H2,1H3. The zero-order valence-corrected chi connectivity index (χ0v) is 13.2. The Morgan fingerprint density at radius 2 is 1.95 bits per heavy atom. The largest absolute Gasteiger partial charge is 0.490 e. The van der Waals surface area contributed by atoms with Crippen molar-refractivity contribution < 1.29 is 14.2 Å². The predicted octanol–water partition coefficient (Wildman–Crippen LogP) is 2.91. The van der Waals surface area contributed by atoms with Crippen LogP contribution in [-0.2, 0) is 4.74 Å². The number of hydrogen-bond donors (Lipinski definition) is 1. The van der Waals surface area contributed by atoms with Crippen LogP contribution in [0.2, 0.25) is 0 Å². The van der Waals surface area contributed by atoms with Crippen molar-refractivity contribution in [1.82, 2.24) is 5.32 Å². The summed E-state index contributed by atoms with van der Waals surface area (Å²) >= 11 is 3.67. The highest BCUT2D eigenvalue weighted by atomic mass is 79.9. The van der Waals surface area contributed by atoms with Crippen molar-refractivity contribution in [3.05, 3.63) is 22.2 Å². The molecule has 1 N–H and O–H groups in total. The first-order chi connectivity index (χ1) is 9.79. The second kappa shape index (κ2) is 6.33.